The lowest BCUT2D eigenvalue weighted by molar-refractivity contribution is -0.182. The molecule has 2 atom stereocenters. The molecule has 0 aromatic heterocycles. The first-order valence-corrected chi connectivity index (χ1v) is 6.68. The van der Waals surface area contributed by atoms with Gasteiger partial charge in [-0.25, -0.2) is 0 Å². The molecule has 122 valence electrons. The second kappa shape index (κ2) is 7.60. The summed E-state index contributed by atoms with van der Waals surface area (Å²) < 4.78 is 43.5. The van der Waals surface area contributed by atoms with Gasteiger partial charge in [-0.15, -0.1) is 0 Å². The van der Waals surface area contributed by atoms with E-state index in [1.165, 1.54) is 4.90 Å². The number of nitrogens with zero attached hydrogens (tertiary/aromatic N) is 1. The summed E-state index contributed by atoms with van der Waals surface area (Å²) in [5.41, 5.74) is 5.01. The molecule has 2 amide bonds. The second-order valence-electron chi connectivity index (χ2n) is 4.90. The van der Waals surface area contributed by atoms with Crippen LogP contribution in [-0.2, 0) is 14.3 Å². The number of rotatable bonds is 7. The standard InChI is InChI=1S/C12H20F3N3O3/c1-2-21-4-3-17-10(19)7-18-5-8(11(16)20)9(6-18)12(13,14)15/h8-9H,2-7H2,1H3,(H2,16,20)(H,17,19)/t8-,9-/m1/s1. The first kappa shape index (κ1) is 17.7. The normalized spacial score (nSPS) is 23.2. The number of nitrogens with two attached hydrogens (primary N) is 1. The van der Waals surface area contributed by atoms with Gasteiger partial charge in [0.05, 0.1) is 25.0 Å². The largest absolute Gasteiger partial charge is 0.393 e. The van der Waals surface area contributed by atoms with Crippen LogP contribution in [-0.4, -0.2) is 62.3 Å². The van der Waals surface area contributed by atoms with E-state index < -0.39 is 36.4 Å². The van der Waals surface area contributed by atoms with Crippen LogP contribution in [0.4, 0.5) is 13.2 Å². The molecule has 1 heterocycles. The Kier molecular flexibility index (Phi) is 6.41. The Morgan fingerprint density at radius 2 is 2.05 bits per heavy atom. The molecule has 0 aliphatic carbocycles. The van der Waals surface area contributed by atoms with E-state index in [9.17, 15) is 22.8 Å². The smallest absolute Gasteiger partial charge is 0.380 e. The molecular formula is C12H20F3N3O3. The van der Waals surface area contributed by atoms with Crippen LogP contribution in [0.2, 0.25) is 0 Å². The molecule has 0 spiro atoms. The molecule has 21 heavy (non-hydrogen) atoms. The van der Waals surface area contributed by atoms with Gasteiger partial charge in [-0.1, -0.05) is 0 Å². The van der Waals surface area contributed by atoms with Crippen molar-refractivity contribution in [2.75, 3.05) is 39.4 Å². The Labute approximate surface area is 120 Å². The third kappa shape index (κ3) is 5.50. The van der Waals surface area contributed by atoms with Crippen molar-refractivity contribution in [1.29, 1.82) is 0 Å². The number of hydrogen-bond donors (Lipinski definition) is 2. The van der Waals surface area contributed by atoms with E-state index in [2.05, 4.69) is 5.32 Å². The fourth-order valence-electron chi connectivity index (χ4n) is 2.30. The summed E-state index contributed by atoms with van der Waals surface area (Å²) in [5.74, 6) is -4.51. The summed E-state index contributed by atoms with van der Waals surface area (Å²) in [7, 11) is 0. The molecule has 1 rings (SSSR count). The van der Waals surface area contributed by atoms with Gasteiger partial charge in [-0.2, -0.15) is 13.2 Å². The topological polar surface area (TPSA) is 84.7 Å². The van der Waals surface area contributed by atoms with Crippen LogP contribution in [0.15, 0.2) is 0 Å². The molecule has 1 saturated heterocycles. The SMILES string of the molecule is CCOCCNC(=O)CN1C[C@@H](C(F)(F)F)[C@H](C(N)=O)C1. The molecular weight excluding hydrogens is 291 g/mol. The van der Waals surface area contributed by atoms with E-state index in [4.69, 9.17) is 10.5 Å². The zero-order valence-corrected chi connectivity index (χ0v) is 11.8. The predicted octanol–water partition coefficient (Wildman–Crippen LogP) is -0.265. The van der Waals surface area contributed by atoms with Crippen LogP contribution < -0.4 is 11.1 Å². The highest BCUT2D eigenvalue weighted by molar-refractivity contribution is 5.79. The average molecular weight is 311 g/mol. The molecule has 0 saturated carbocycles. The van der Waals surface area contributed by atoms with Crippen molar-refractivity contribution < 1.29 is 27.5 Å². The first-order valence-electron chi connectivity index (χ1n) is 6.68. The van der Waals surface area contributed by atoms with E-state index >= 15 is 0 Å². The van der Waals surface area contributed by atoms with Crippen LogP contribution >= 0.6 is 0 Å². The molecule has 0 radical (unpaired) electrons. The number of carbonyl (C=O) groups is 2. The van der Waals surface area contributed by atoms with Crippen molar-refractivity contribution in [1.82, 2.24) is 10.2 Å². The lowest BCUT2D eigenvalue weighted by Crippen LogP contribution is -2.38. The number of ether oxygens (including phenoxy) is 1. The number of hydrogen-bond acceptors (Lipinski definition) is 4. The minimum Gasteiger partial charge on any atom is -0.380 e. The zero-order chi connectivity index (χ0) is 16.0. The van der Waals surface area contributed by atoms with E-state index in [1.54, 1.807) is 0 Å². The first-order chi connectivity index (χ1) is 9.75. The van der Waals surface area contributed by atoms with Crippen LogP contribution in [0.25, 0.3) is 0 Å². The number of primary amides is 1. The molecule has 6 nitrogen and oxygen atoms in total. The van der Waals surface area contributed by atoms with Crippen molar-refractivity contribution in [3.05, 3.63) is 0 Å². The van der Waals surface area contributed by atoms with Crippen molar-refractivity contribution in [2.24, 2.45) is 17.6 Å². The predicted molar refractivity (Wildman–Crippen MR) is 68.2 cm³/mol. The maximum atomic E-state index is 12.8. The number of likely N-dealkylation sites (tertiary alicyclic amines) is 1. The number of carbonyl (C=O) groups excluding carboxylic acids is 2. The van der Waals surface area contributed by atoms with Gasteiger partial charge in [0.15, 0.2) is 0 Å². The summed E-state index contributed by atoms with van der Waals surface area (Å²) in [5, 5.41) is 2.54. The van der Waals surface area contributed by atoms with Crippen molar-refractivity contribution in [2.45, 2.75) is 13.1 Å². The van der Waals surface area contributed by atoms with Crippen molar-refractivity contribution in [3.63, 3.8) is 0 Å². The molecule has 3 N–H and O–H groups in total. The Morgan fingerprint density at radius 1 is 1.38 bits per heavy atom. The lowest BCUT2D eigenvalue weighted by atomic mass is 9.95. The second-order valence-corrected chi connectivity index (χ2v) is 4.90. The molecule has 9 heteroatoms. The van der Waals surface area contributed by atoms with Crippen LogP contribution in [0.1, 0.15) is 6.92 Å². The molecule has 0 unspecified atom stereocenters. The molecule has 0 aromatic carbocycles. The number of halogens is 3. The van der Waals surface area contributed by atoms with E-state index in [0.29, 0.717) is 19.8 Å². The van der Waals surface area contributed by atoms with Gasteiger partial charge in [0.1, 0.15) is 0 Å². The van der Waals surface area contributed by atoms with E-state index in [1.807, 2.05) is 6.92 Å². The number of nitrogens with one attached hydrogen (secondary N) is 1. The van der Waals surface area contributed by atoms with Crippen molar-refractivity contribution >= 4 is 11.8 Å². The van der Waals surface area contributed by atoms with Gasteiger partial charge in [-0.05, 0) is 6.92 Å². The van der Waals surface area contributed by atoms with Crippen LogP contribution in [0.3, 0.4) is 0 Å². The quantitative estimate of drug-likeness (QED) is 0.634. The van der Waals surface area contributed by atoms with Gasteiger partial charge < -0.3 is 15.8 Å². The van der Waals surface area contributed by atoms with Crippen LogP contribution in [0, 0.1) is 11.8 Å². The molecule has 0 bridgehead atoms. The summed E-state index contributed by atoms with van der Waals surface area (Å²) in [6.07, 6.45) is -4.50. The maximum absolute atomic E-state index is 12.8. The average Bonchev–Trinajstić information content (AvgIpc) is 2.78. The zero-order valence-electron chi connectivity index (χ0n) is 11.8. The maximum Gasteiger partial charge on any atom is 0.393 e. The Morgan fingerprint density at radius 3 is 2.52 bits per heavy atom. The number of alkyl halides is 3. The highest BCUT2D eigenvalue weighted by Crippen LogP contribution is 2.37. The fourth-order valence-corrected chi connectivity index (χ4v) is 2.30. The summed E-state index contributed by atoms with van der Waals surface area (Å²) in [6.45, 7) is 2.24. The molecule has 1 aliphatic heterocycles. The minimum atomic E-state index is -4.50. The monoisotopic (exact) mass is 311 g/mol. The lowest BCUT2D eigenvalue weighted by Gasteiger charge is -2.18. The third-order valence-corrected chi connectivity index (χ3v) is 3.32. The third-order valence-electron chi connectivity index (χ3n) is 3.32. The van der Waals surface area contributed by atoms with Gasteiger partial charge in [0.25, 0.3) is 0 Å². The number of amides is 2. The van der Waals surface area contributed by atoms with Gasteiger partial charge >= 0.3 is 6.18 Å². The van der Waals surface area contributed by atoms with Crippen molar-refractivity contribution in [3.8, 4) is 0 Å². The molecule has 1 fully saturated rings. The van der Waals surface area contributed by atoms with Gasteiger partial charge in [-0.3, -0.25) is 14.5 Å². The summed E-state index contributed by atoms with van der Waals surface area (Å²) >= 11 is 0. The minimum absolute atomic E-state index is 0.154. The molecule has 1 aliphatic rings. The fraction of sp³-hybridized carbons (Fsp3) is 0.833. The Balaban J connectivity index is 2.47. The summed E-state index contributed by atoms with van der Waals surface area (Å²) in [6, 6.07) is 0. The highest BCUT2D eigenvalue weighted by atomic mass is 19.4. The van der Waals surface area contributed by atoms with Gasteiger partial charge in [0, 0.05) is 26.2 Å². The van der Waals surface area contributed by atoms with E-state index in [-0.39, 0.29) is 13.1 Å². The van der Waals surface area contributed by atoms with Gasteiger partial charge in [0.2, 0.25) is 11.8 Å². The summed E-state index contributed by atoms with van der Waals surface area (Å²) in [4.78, 5) is 24.0. The Hall–Kier alpha value is -1.35. The Bertz CT molecular complexity index is 376. The molecule has 0 aromatic rings. The van der Waals surface area contributed by atoms with Crippen LogP contribution in [0.5, 0.6) is 0 Å². The highest BCUT2D eigenvalue weighted by Gasteiger charge is 2.51. The van der Waals surface area contributed by atoms with E-state index in [0.717, 1.165) is 0 Å².